The van der Waals surface area contributed by atoms with E-state index in [1.54, 1.807) is 6.07 Å². The van der Waals surface area contributed by atoms with Crippen LogP contribution >= 0.6 is 11.8 Å². The Hall–Kier alpha value is -0.670. The zero-order valence-corrected chi connectivity index (χ0v) is 8.34. The molecule has 2 unspecified atom stereocenters. The molecule has 0 bridgehead atoms. The third kappa shape index (κ3) is 1.54. The smallest absolute Gasteiger partial charge is 0.115 e. The lowest BCUT2D eigenvalue weighted by Gasteiger charge is -2.14. The fourth-order valence-electron chi connectivity index (χ4n) is 1.66. The van der Waals surface area contributed by atoms with Crippen molar-refractivity contribution in [3.05, 3.63) is 23.8 Å². The number of thioether (sulfide) groups is 1. The standard InChI is InChI=1S/C10H13NOS/c1-6(11)9-5-13-10-3-2-7(12)4-8(9)10/h2-4,6,9,12H,5,11H2,1H3. The zero-order valence-electron chi connectivity index (χ0n) is 7.53. The summed E-state index contributed by atoms with van der Waals surface area (Å²) in [4.78, 5) is 1.26. The van der Waals surface area contributed by atoms with Crippen LogP contribution in [0.25, 0.3) is 0 Å². The highest BCUT2D eigenvalue weighted by atomic mass is 32.2. The molecule has 2 atom stereocenters. The van der Waals surface area contributed by atoms with Crippen LogP contribution in [0.1, 0.15) is 18.4 Å². The summed E-state index contributed by atoms with van der Waals surface area (Å²) >= 11 is 1.82. The monoisotopic (exact) mass is 195 g/mol. The first kappa shape index (κ1) is 8.91. The molecule has 1 aliphatic heterocycles. The minimum Gasteiger partial charge on any atom is -0.508 e. The Morgan fingerprint density at radius 1 is 1.62 bits per heavy atom. The maximum Gasteiger partial charge on any atom is 0.115 e. The number of phenolic OH excluding ortho intramolecular Hbond substituents is 1. The Morgan fingerprint density at radius 3 is 3.08 bits per heavy atom. The van der Waals surface area contributed by atoms with E-state index >= 15 is 0 Å². The third-order valence-corrected chi connectivity index (χ3v) is 3.65. The highest BCUT2D eigenvalue weighted by Gasteiger charge is 2.26. The van der Waals surface area contributed by atoms with Gasteiger partial charge in [-0.3, -0.25) is 0 Å². The Labute approximate surface area is 82.1 Å². The van der Waals surface area contributed by atoms with E-state index < -0.39 is 0 Å². The van der Waals surface area contributed by atoms with E-state index in [1.807, 2.05) is 30.8 Å². The molecule has 0 fully saturated rings. The molecule has 0 aromatic heterocycles. The first-order valence-electron chi connectivity index (χ1n) is 4.40. The molecule has 0 saturated carbocycles. The van der Waals surface area contributed by atoms with Crippen molar-refractivity contribution < 1.29 is 5.11 Å². The predicted molar refractivity (Wildman–Crippen MR) is 55.2 cm³/mol. The lowest BCUT2D eigenvalue weighted by atomic mass is 9.95. The summed E-state index contributed by atoms with van der Waals surface area (Å²) in [5.41, 5.74) is 7.08. The van der Waals surface area contributed by atoms with Crippen LogP contribution in [-0.2, 0) is 0 Å². The molecule has 70 valence electrons. The third-order valence-electron chi connectivity index (χ3n) is 2.45. The predicted octanol–water partition coefficient (Wildman–Crippen LogP) is 1.93. The van der Waals surface area contributed by atoms with Crippen molar-refractivity contribution in [2.24, 2.45) is 5.73 Å². The van der Waals surface area contributed by atoms with E-state index in [0.717, 1.165) is 5.75 Å². The van der Waals surface area contributed by atoms with Gasteiger partial charge in [0.05, 0.1) is 0 Å². The van der Waals surface area contributed by atoms with Gasteiger partial charge in [0.25, 0.3) is 0 Å². The Morgan fingerprint density at radius 2 is 2.38 bits per heavy atom. The summed E-state index contributed by atoms with van der Waals surface area (Å²) in [7, 11) is 0. The molecule has 0 spiro atoms. The summed E-state index contributed by atoms with van der Waals surface area (Å²) in [5, 5.41) is 9.35. The SMILES string of the molecule is CC(N)C1CSc2ccc(O)cc21. The van der Waals surface area contributed by atoms with Gasteiger partial charge >= 0.3 is 0 Å². The van der Waals surface area contributed by atoms with E-state index in [1.165, 1.54) is 10.5 Å². The van der Waals surface area contributed by atoms with Gasteiger partial charge < -0.3 is 10.8 Å². The molecule has 0 aliphatic carbocycles. The van der Waals surface area contributed by atoms with E-state index in [4.69, 9.17) is 5.73 Å². The molecule has 1 aromatic carbocycles. The topological polar surface area (TPSA) is 46.2 Å². The lowest BCUT2D eigenvalue weighted by Crippen LogP contribution is -2.24. The number of hydrogen-bond acceptors (Lipinski definition) is 3. The molecule has 2 rings (SSSR count). The highest BCUT2D eigenvalue weighted by Crippen LogP contribution is 2.42. The second kappa shape index (κ2) is 3.24. The fourth-order valence-corrected chi connectivity index (χ4v) is 3.04. The van der Waals surface area contributed by atoms with Crippen molar-refractivity contribution >= 4 is 11.8 Å². The average molecular weight is 195 g/mol. The summed E-state index contributed by atoms with van der Waals surface area (Å²) in [6.07, 6.45) is 0. The van der Waals surface area contributed by atoms with Crippen LogP contribution in [0.15, 0.2) is 23.1 Å². The number of fused-ring (bicyclic) bond motifs is 1. The van der Waals surface area contributed by atoms with Crippen LogP contribution in [0.3, 0.4) is 0 Å². The second-order valence-corrected chi connectivity index (χ2v) is 4.56. The summed E-state index contributed by atoms with van der Waals surface area (Å²) in [6, 6.07) is 5.70. The van der Waals surface area contributed by atoms with Gasteiger partial charge in [-0.1, -0.05) is 0 Å². The van der Waals surface area contributed by atoms with Gasteiger partial charge in [0, 0.05) is 22.6 Å². The first-order chi connectivity index (χ1) is 6.18. The molecule has 3 heteroatoms. The van der Waals surface area contributed by atoms with E-state index in [9.17, 15) is 5.11 Å². The Balaban J connectivity index is 2.40. The number of aromatic hydroxyl groups is 1. The van der Waals surface area contributed by atoms with Crippen LogP contribution < -0.4 is 5.73 Å². The van der Waals surface area contributed by atoms with Crippen molar-refractivity contribution in [2.75, 3.05) is 5.75 Å². The van der Waals surface area contributed by atoms with Gasteiger partial charge in [0.2, 0.25) is 0 Å². The molecule has 0 radical (unpaired) electrons. The molecule has 1 aliphatic rings. The summed E-state index contributed by atoms with van der Waals surface area (Å²) in [5.74, 6) is 1.77. The second-order valence-electron chi connectivity index (χ2n) is 3.50. The lowest BCUT2D eigenvalue weighted by molar-refractivity contribution is 0.472. The number of rotatable bonds is 1. The molecule has 13 heavy (non-hydrogen) atoms. The van der Waals surface area contributed by atoms with Gasteiger partial charge in [0.1, 0.15) is 5.75 Å². The van der Waals surface area contributed by atoms with Gasteiger partial charge in [0.15, 0.2) is 0 Å². The summed E-state index contributed by atoms with van der Waals surface area (Å²) in [6.45, 7) is 2.02. The number of hydrogen-bond donors (Lipinski definition) is 2. The first-order valence-corrected chi connectivity index (χ1v) is 5.38. The van der Waals surface area contributed by atoms with Crippen LogP contribution in [0.2, 0.25) is 0 Å². The van der Waals surface area contributed by atoms with Crippen molar-refractivity contribution in [2.45, 2.75) is 23.8 Å². The number of benzene rings is 1. The van der Waals surface area contributed by atoms with Crippen molar-refractivity contribution in [3.63, 3.8) is 0 Å². The van der Waals surface area contributed by atoms with Crippen molar-refractivity contribution in [3.8, 4) is 5.75 Å². The Kier molecular flexibility index (Phi) is 2.22. The summed E-state index contributed by atoms with van der Waals surface area (Å²) < 4.78 is 0. The largest absolute Gasteiger partial charge is 0.508 e. The van der Waals surface area contributed by atoms with Gasteiger partial charge in [-0.05, 0) is 30.7 Å². The fraction of sp³-hybridized carbons (Fsp3) is 0.400. The normalized spacial score (nSPS) is 22.8. The van der Waals surface area contributed by atoms with Crippen LogP contribution in [0, 0.1) is 0 Å². The molecular formula is C10H13NOS. The van der Waals surface area contributed by atoms with Crippen LogP contribution in [0.5, 0.6) is 5.75 Å². The zero-order chi connectivity index (χ0) is 9.42. The van der Waals surface area contributed by atoms with Gasteiger partial charge in [-0.15, -0.1) is 11.8 Å². The molecular weight excluding hydrogens is 182 g/mol. The molecule has 1 aromatic rings. The highest BCUT2D eigenvalue weighted by molar-refractivity contribution is 7.99. The average Bonchev–Trinajstić information content (AvgIpc) is 2.46. The quantitative estimate of drug-likeness (QED) is 0.719. The van der Waals surface area contributed by atoms with Gasteiger partial charge in [-0.25, -0.2) is 0 Å². The Bertz CT molecular complexity index is 325. The number of phenols is 1. The van der Waals surface area contributed by atoms with Crippen molar-refractivity contribution in [1.82, 2.24) is 0 Å². The molecule has 1 heterocycles. The molecule has 0 amide bonds. The van der Waals surface area contributed by atoms with E-state index in [0.29, 0.717) is 11.7 Å². The molecule has 0 saturated heterocycles. The van der Waals surface area contributed by atoms with Gasteiger partial charge in [-0.2, -0.15) is 0 Å². The molecule has 2 nitrogen and oxygen atoms in total. The maximum absolute atomic E-state index is 9.35. The van der Waals surface area contributed by atoms with Crippen LogP contribution in [-0.4, -0.2) is 16.9 Å². The molecule has 3 N–H and O–H groups in total. The van der Waals surface area contributed by atoms with E-state index in [-0.39, 0.29) is 6.04 Å². The number of nitrogens with two attached hydrogens (primary N) is 1. The van der Waals surface area contributed by atoms with E-state index in [2.05, 4.69) is 0 Å². The van der Waals surface area contributed by atoms with Crippen LogP contribution in [0.4, 0.5) is 0 Å². The minimum absolute atomic E-state index is 0.163. The maximum atomic E-state index is 9.35. The van der Waals surface area contributed by atoms with Crippen molar-refractivity contribution in [1.29, 1.82) is 0 Å². The minimum atomic E-state index is 0.163.